The summed E-state index contributed by atoms with van der Waals surface area (Å²) in [5, 5.41) is 18.9. The third-order valence-corrected chi connectivity index (χ3v) is 1.81. The summed E-state index contributed by atoms with van der Waals surface area (Å²) >= 11 is 0. The van der Waals surface area contributed by atoms with E-state index in [1.807, 2.05) is 0 Å². The van der Waals surface area contributed by atoms with Gasteiger partial charge in [0.1, 0.15) is 0 Å². The zero-order chi connectivity index (χ0) is 13.2. The summed E-state index contributed by atoms with van der Waals surface area (Å²) in [5.41, 5.74) is 0.376. The second kappa shape index (κ2) is 14.7. The van der Waals surface area contributed by atoms with Crippen LogP contribution in [0.15, 0.2) is 0 Å². The van der Waals surface area contributed by atoms with Gasteiger partial charge in [0.25, 0.3) is 0 Å². The first-order valence-electron chi connectivity index (χ1n) is 5.52. The Kier molecular flexibility index (Phi) is 21.4. The Hall–Kier alpha value is -0.360. The van der Waals surface area contributed by atoms with Gasteiger partial charge in [0.2, 0.25) is 0 Å². The van der Waals surface area contributed by atoms with Crippen molar-refractivity contribution < 1.29 is 47.7 Å². The molecular weight excluding hydrogens is 421 g/mol. The Labute approximate surface area is 125 Å². The van der Waals surface area contributed by atoms with Crippen molar-refractivity contribution in [1.82, 2.24) is 0 Å². The van der Waals surface area contributed by atoms with Gasteiger partial charge in [0.05, 0.1) is 0 Å². The summed E-state index contributed by atoms with van der Waals surface area (Å²) < 4.78 is 0. The van der Waals surface area contributed by atoms with E-state index in [-0.39, 0.29) is 34.3 Å². The van der Waals surface area contributed by atoms with Gasteiger partial charge in [-0.25, -0.2) is 0 Å². The van der Waals surface area contributed by atoms with Crippen LogP contribution < -0.4 is 10.2 Å². The molecule has 0 amide bonds. The van der Waals surface area contributed by atoms with E-state index in [4.69, 9.17) is 9.90 Å². The smallest absolute Gasteiger partial charge is 0.870 e. The van der Waals surface area contributed by atoms with Crippen molar-refractivity contribution in [3.63, 3.8) is 0 Å². The quantitative estimate of drug-likeness (QED) is 0.448. The van der Waals surface area contributed by atoms with Gasteiger partial charge in [-0.2, -0.15) is 0 Å². The van der Waals surface area contributed by atoms with Crippen LogP contribution >= 0.6 is 0 Å². The Morgan fingerprint density at radius 1 is 1.00 bits per heavy atom. The number of carbonyl (C=O) groups excluding carboxylic acids is 2. The van der Waals surface area contributed by atoms with Crippen LogP contribution in [0, 0.1) is 5.41 Å². The minimum absolute atomic E-state index is 0. The molecule has 0 radical (unpaired) electrons. The molecule has 0 bridgehead atoms. The molecule has 18 heavy (non-hydrogen) atoms. The minimum atomic E-state index is -1.08. The Morgan fingerprint density at radius 2 is 1.39 bits per heavy atom. The Balaban J connectivity index is -0.000000143. The summed E-state index contributed by atoms with van der Waals surface area (Å²) in [7, 11) is 0. The number of carboxylic acid groups (broad SMARTS) is 2. The Morgan fingerprint density at radius 3 is 1.67 bits per heavy atom. The first kappa shape index (κ1) is 26.3. The minimum Gasteiger partial charge on any atom is -0.870 e. The summed E-state index contributed by atoms with van der Waals surface area (Å²) in [5.74, 6) is -2.01. The zero-order valence-corrected chi connectivity index (χ0v) is 13.6. The van der Waals surface area contributed by atoms with Crippen molar-refractivity contribution in [3.8, 4) is 0 Å². The van der Waals surface area contributed by atoms with Crippen LogP contribution in [-0.4, -0.2) is 17.4 Å². The van der Waals surface area contributed by atoms with Gasteiger partial charge in [0, 0.05) is 11.9 Å². The topological polar surface area (TPSA) is 110 Å². The number of rotatable bonds is 5. The van der Waals surface area contributed by atoms with E-state index < -0.39 is 11.9 Å². The molecule has 0 aliphatic carbocycles. The van der Waals surface area contributed by atoms with Gasteiger partial charge in [-0.1, -0.05) is 33.6 Å². The molecule has 0 aromatic heterocycles. The van der Waals surface area contributed by atoms with Crippen LogP contribution in [0.2, 0.25) is 0 Å². The number of hydrogen-bond donors (Lipinski definition) is 0. The molecule has 5 nitrogen and oxygen atoms in total. The van der Waals surface area contributed by atoms with Crippen LogP contribution in [-0.2, 0) is 32.0 Å². The summed E-state index contributed by atoms with van der Waals surface area (Å²) in [6, 6.07) is 0. The van der Waals surface area contributed by atoms with Crippen molar-refractivity contribution in [2.24, 2.45) is 5.41 Å². The number of carboxylic acids is 2. The molecule has 0 aliphatic rings. The van der Waals surface area contributed by atoms with E-state index in [1.54, 1.807) is 0 Å². The number of carbonyl (C=O) groups is 2. The summed E-state index contributed by atoms with van der Waals surface area (Å²) in [6.45, 7) is 7.57. The molecule has 0 unspecified atom stereocenters. The number of unbranched alkanes of at least 4 members (excludes halogenated alkanes) is 2. The van der Waals surface area contributed by atoms with Gasteiger partial charge < -0.3 is 25.3 Å². The summed E-state index contributed by atoms with van der Waals surface area (Å²) in [4.78, 5) is 18.9. The molecule has 0 aromatic carbocycles. The first-order chi connectivity index (χ1) is 7.15. The van der Waals surface area contributed by atoms with Crippen molar-refractivity contribution in [3.05, 3.63) is 0 Å². The molecule has 0 heterocycles. The molecular formula is C12H23AuO5. The summed E-state index contributed by atoms with van der Waals surface area (Å²) in [6.07, 6.45) is 4.27. The number of hydrogen-bond acceptors (Lipinski definition) is 5. The second-order valence-corrected chi connectivity index (χ2v) is 4.98. The van der Waals surface area contributed by atoms with Crippen LogP contribution in [0.4, 0.5) is 0 Å². The molecule has 0 rings (SSSR count). The fourth-order valence-corrected chi connectivity index (χ4v) is 1.10. The maximum atomic E-state index is 10.0. The zero-order valence-electron chi connectivity index (χ0n) is 11.4. The van der Waals surface area contributed by atoms with Crippen molar-refractivity contribution in [2.75, 3.05) is 0 Å². The van der Waals surface area contributed by atoms with Crippen LogP contribution in [0.3, 0.4) is 0 Å². The normalized spacial score (nSPS) is 9.11. The van der Waals surface area contributed by atoms with E-state index in [0.717, 1.165) is 26.2 Å². The second-order valence-electron chi connectivity index (χ2n) is 4.98. The molecule has 0 spiro atoms. The standard InChI is InChI=1S/C10H20O2.C2H4O2.Au.H2O/c1-10(2,3)8-6-4-5-7-9(11)12;1-2(3)4;;/h4-8H2,1-3H3,(H,11,12);1H3,(H,3,4);;1H2/q;;+3;/p-3. The van der Waals surface area contributed by atoms with E-state index in [9.17, 15) is 9.90 Å². The van der Waals surface area contributed by atoms with E-state index in [1.165, 1.54) is 6.42 Å². The molecule has 0 aliphatic heterocycles. The third-order valence-electron chi connectivity index (χ3n) is 1.81. The molecule has 0 aromatic rings. The SMILES string of the molecule is CC(=O)[O-].CC(C)(C)CCCCCC(=O)[O-].[Au+3].[OH-]. The van der Waals surface area contributed by atoms with Gasteiger partial charge in [-0.05, 0) is 31.6 Å². The van der Waals surface area contributed by atoms with E-state index in [0.29, 0.717) is 5.41 Å². The van der Waals surface area contributed by atoms with Crippen LogP contribution in [0.5, 0.6) is 0 Å². The van der Waals surface area contributed by atoms with Crippen LogP contribution in [0.1, 0.15) is 59.8 Å². The van der Waals surface area contributed by atoms with E-state index >= 15 is 0 Å². The maximum absolute atomic E-state index is 10.0. The monoisotopic (exact) mass is 444 g/mol. The fraction of sp³-hybridized carbons (Fsp3) is 0.833. The predicted octanol–water partition coefficient (Wildman–Crippen LogP) is 0.310. The third kappa shape index (κ3) is 44.9. The van der Waals surface area contributed by atoms with E-state index in [2.05, 4.69) is 20.8 Å². The average molecular weight is 444 g/mol. The van der Waals surface area contributed by atoms with Crippen LogP contribution in [0.25, 0.3) is 0 Å². The van der Waals surface area contributed by atoms with Crippen molar-refractivity contribution >= 4 is 11.9 Å². The molecule has 6 heteroatoms. The average Bonchev–Trinajstić information content (AvgIpc) is 1.99. The first-order valence-corrected chi connectivity index (χ1v) is 5.52. The molecule has 112 valence electrons. The molecule has 0 saturated heterocycles. The van der Waals surface area contributed by atoms with Gasteiger partial charge >= 0.3 is 22.4 Å². The van der Waals surface area contributed by atoms with Gasteiger partial charge in [-0.3, -0.25) is 0 Å². The molecule has 1 N–H and O–H groups in total. The maximum Gasteiger partial charge on any atom is 3.00 e. The molecule has 0 atom stereocenters. The van der Waals surface area contributed by atoms with Crippen molar-refractivity contribution in [1.29, 1.82) is 0 Å². The van der Waals surface area contributed by atoms with Gasteiger partial charge in [0.15, 0.2) is 0 Å². The largest absolute Gasteiger partial charge is 3.00 e. The number of aliphatic carboxylic acids is 2. The fourth-order valence-electron chi connectivity index (χ4n) is 1.10. The molecule has 0 saturated carbocycles. The Bertz CT molecular complexity index is 207. The van der Waals surface area contributed by atoms with Gasteiger partial charge in [-0.15, -0.1) is 0 Å². The molecule has 0 fully saturated rings. The van der Waals surface area contributed by atoms with Crippen molar-refractivity contribution in [2.45, 2.75) is 59.8 Å². The predicted molar refractivity (Wildman–Crippen MR) is 60.2 cm³/mol.